The largest absolute Gasteiger partial charge is 0.467 e. The van der Waals surface area contributed by atoms with Crippen molar-refractivity contribution < 1.29 is 17.6 Å². The maximum Gasteiger partial charge on any atom is 0.261 e. The van der Waals surface area contributed by atoms with Crippen LogP contribution in [0.4, 0.5) is 5.69 Å². The fourth-order valence-corrected chi connectivity index (χ4v) is 3.90. The summed E-state index contributed by atoms with van der Waals surface area (Å²) < 4.78 is 33.2. The molecule has 28 heavy (non-hydrogen) atoms. The predicted molar refractivity (Wildman–Crippen MR) is 108 cm³/mol. The first kappa shape index (κ1) is 19.7. The van der Waals surface area contributed by atoms with E-state index >= 15 is 0 Å². The fraction of sp³-hybridized carbons (Fsp3) is 0.190. The molecule has 1 heterocycles. The molecule has 0 saturated carbocycles. The van der Waals surface area contributed by atoms with Crippen molar-refractivity contribution in [1.82, 2.24) is 4.90 Å². The summed E-state index contributed by atoms with van der Waals surface area (Å²) in [6.07, 6.45) is 1.56. The Balaban J connectivity index is 1.77. The van der Waals surface area contributed by atoms with Crippen molar-refractivity contribution in [2.45, 2.75) is 24.8 Å². The predicted octanol–water partition coefficient (Wildman–Crippen LogP) is 4.22. The van der Waals surface area contributed by atoms with Crippen LogP contribution in [-0.2, 0) is 10.0 Å². The summed E-state index contributed by atoms with van der Waals surface area (Å²) in [5, 5.41) is 0. The van der Waals surface area contributed by atoms with E-state index in [1.165, 1.54) is 24.3 Å². The van der Waals surface area contributed by atoms with Crippen LogP contribution in [0.15, 0.2) is 76.2 Å². The number of nitrogens with one attached hydrogen (secondary N) is 1. The number of sulfonamides is 1. The highest BCUT2D eigenvalue weighted by molar-refractivity contribution is 7.92. The Morgan fingerprint density at radius 3 is 2.32 bits per heavy atom. The highest BCUT2D eigenvalue weighted by Crippen LogP contribution is 2.23. The Labute approximate surface area is 164 Å². The van der Waals surface area contributed by atoms with Gasteiger partial charge in [0.2, 0.25) is 0 Å². The Kier molecular flexibility index (Phi) is 5.56. The molecule has 2 aromatic carbocycles. The van der Waals surface area contributed by atoms with Crippen LogP contribution in [0.2, 0.25) is 0 Å². The summed E-state index contributed by atoms with van der Waals surface area (Å²) in [4.78, 5) is 14.3. The lowest BCUT2D eigenvalue weighted by Crippen LogP contribution is -2.29. The molecule has 1 aromatic heterocycles. The molecular weight excluding hydrogens is 376 g/mol. The zero-order valence-electron chi connectivity index (χ0n) is 15.9. The third-order valence-corrected chi connectivity index (χ3v) is 6.04. The van der Waals surface area contributed by atoms with Gasteiger partial charge in [0.25, 0.3) is 15.9 Å². The molecule has 0 aliphatic carbocycles. The van der Waals surface area contributed by atoms with Gasteiger partial charge in [0.15, 0.2) is 0 Å². The van der Waals surface area contributed by atoms with E-state index in [2.05, 4.69) is 4.72 Å². The Morgan fingerprint density at radius 1 is 1.04 bits per heavy atom. The number of para-hydroxylation sites is 1. The number of nitrogens with zero attached hydrogens (tertiary/aromatic N) is 1. The molecule has 1 unspecified atom stereocenters. The number of aryl methyl sites for hydroxylation is 1. The zero-order valence-corrected chi connectivity index (χ0v) is 16.7. The van der Waals surface area contributed by atoms with Gasteiger partial charge >= 0.3 is 0 Å². The maximum absolute atomic E-state index is 12.7. The van der Waals surface area contributed by atoms with Crippen molar-refractivity contribution in [1.29, 1.82) is 0 Å². The van der Waals surface area contributed by atoms with Crippen molar-refractivity contribution in [2.75, 3.05) is 11.8 Å². The summed E-state index contributed by atoms with van der Waals surface area (Å²) in [6.45, 7) is 3.69. The van der Waals surface area contributed by atoms with E-state index in [4.69, 9.17) is 4.42 Å². The van der Waals surface area contributed by atoms with Gasteiger partial charge < -0.3 is 9.32 Å². The Morgan fingerprint density at radius 2 is 1.71 bits per heavy atom. The van der Waals surface area contributed by atoms with E-state index < -0.39 is 10.0 Å². The summed E-state index contributed by atoms with van der Waals surface area (Å²) >= 11 is 0. The lowest BCUT2D eigenvalue weighted by Gasteiger charge is -2.23. The van der Waals surface area contributed by atoms with E-state index in [-0.39, 0.29) is 16.8 Å². The second-order valence-corrected chi connectivity index (χ2v) is 8.23. The van der Waals surface area contributed by atoms with Gasteiger partial charge in [-0.25, -0.2) is 8.42 Å². The molecule has 146 valence electrons. The first-order chi connectivity index (χ1) is 13.3. The van der Waals surface area contributed by atoms with Crippen molar-refractivity contribution >= 4 is 21.6 Å². The smallest absolute Gasteiger partial charge is 0.261 e. The third-order valence-electron chi connectivity index (χ3n) is 4.66. The van der Waals surface area contributed by atoms with E-state index in [0.29, 0.717) is 17.0 Å². The SMILES string of the molecule is Cc1ccccc1NS(=O)(=O)c1ccc(C(=O)N(C)C(C)c2ccco2)cc1. The normalized spacial score (nSPS) is 12.4. The van der Waals surface area contributed by atoms with Gasteiger partial charge in [-0.3, -0.25) is 9.52 Å². The average Bonchev–Trinajstić information content (AvgIpc) is 3.23. The number of amides is 1. The second kappa shape index (κ2) is 7.90. The van der Waals surface area contributed by atoms with Crippen LogP contribution < -0.4 is 4.72 Å². The molecule has 3 aromatic rings. The van der Waals surface area contributed by atoms with E-state index in [0.717, 1.165) is 5.56 Å². The number of rotatable bonds is 6. The number of hydrogen-bond donors (Lipinski definition) is 1. The molecule has 1 atom stereocenters. The van der Waals surface area contributed by atoms with Gasteiger partial charge in [-0.05, 0) is 61.9 Å². The molecule has 0 spiro atoms. The highest BCUT2D eigenvalue weighted by atomic mass is 32.2. The molecule has 7 heteroatoms. The standard InChI is InChI=1S/C21H22N2O4S/c1-15-7-4-5-8-19(15)22-28(25,26)18-12-10-17(11-13-18)21(24)23(3)16(2)20-9-6-14-27-20/h4-14,16,22H,1-3H3. The molecule has 0 saturated heterocycles. The molecule has 0 aliphatic rings. The zero-order chi connectivity index (χ0) is 20.3. The molecule has 0 aliphatic heterocycles. The van der Waals surface area contributed by atoms with Gasteiger partial charge in [-0.1, -0.05) is 18.2 Å². The van der Waals surface area contributed by atoms with E-state index in [1.54, 1.807) is 42.5 Å². The molecule has 0 radical (unpaired) electrons. The van der Waals surface area contributed by atoms with Gasteiger partial charge in [0.1, 0.15) is 5.76 Å². The highest BCUT2D eigenvalue weighted by Gasteiger charge is 2.22. The molecule has 0 bridgehead atoms. The molecule has 1 amide bonds. The van der Waals surface area contributed by atoms with Crippen LogP contribution in [0.1, 0.15) is 34.6 Å². The number of furan rings is 1. The quantitative estimate of drug-likeness (QED) is 0.674. The van der Waals surface area contributed by atoms with Crippen LogP contribution in [-0.4, -0.2) is 26.3 Å². The van der Waals surface area contributed by atoms with Gasteiger partial charge in [0, 0.05) is 12.6 Å². The number of hydrogen-bond acceptors (Lipinski definition) is 4. The molecule has 3 rings (SSSR count). The number of carbonyl (C=O) groups excluding carboxylic acids is 1. The van der Waals surface area contributed by atoms with Crippen molar-refractivity contribution in [3.63, 3.8) is 0 Å². The van der Waals surface area contributed by atoms with Gasteiger partial charge in [0.05, 0.1) is 22.9 Å². The van der Waals surface area contributed by atoms with Crippen LogP contribution in [0.3, 0.4) is 0 Å². The summed E-state index contributed by atoms with van der Waals surface area (Å²) in [5.41, 5.74) is 1.75. The first-order valence-electron chi connectivity index (χ1n) is 8.78. The number of carbonyl (C=O) groups is 1. The summed E-state index contributed by atoms with van der Waals surface area (Å²) in [5.74, 6) is 0.456. The van der Waals surface area contributed by atoms with Gasteiger partial charge in [-0.2, -0.15) is 0 Å². The molecule has 1 N–H and O–H groups in total. The van der Waals surface area contributed by atoms with E-state index in [9.17, 15) is 13.2 Å². The molecular formula is C21H22N2O4S. The summed E-state index contributed by atoms with van der Waals surface area (Å²) in [7, 11) is -2.06. The minimum atomic E-state index is -3.74. The van der Waals surface area contributed by atoms with Crippen molar-refractivity contribution in [3.05, 3.63) is 83.8 Å². The Bertz CT molecular complexity index is 1060. The number of benzene rings is 2. The lowest BCUT2D eigenvalue weighted by atomic mass is 10.1. The van der Waals surface area contributed by atoms with Crippen molar-refractivity contribution in [3.8, 4) is 0 Å². The lowest BCUT2D eigenvalue weighted by molar-refractivity contribution is 0.0726. The second-order valence-electron chi connectivity index (χ2n) is 6.55. The van der Waals surface area contributed by atoms with Crippen molar-refractivity contribution in [2.24, 2.45) is 0 Å². The van der Waals surface area contributed by atoms with Crippen LogP contribution in [0.25, 0.3) is 0 Å². The Hall–Kier alpha value is -3.06. The summed E-state index contributed by atoms with van der Waals surface area (Å²) in [6, 6.07) is 16.4. The van der Waals surface area contributed by atoms with E-state index in [1.807, 2.05) is 26.0 Å². The minimum absolute atomic E-state index is 0.0917. The molecule has 6 nitrogen and oxygen atoms in total. The molecule has 0 fully saturated rings. The van der Waals surface area contributed by atoms with Crippen LogP contribution >= 0.6 is 0 Å². The van der Waals surface area contributed by atoms with Crippen LogP contribution in [0, 0.1) is 6.92 Å². The minimum Gasteiger partial charge on any atom is -0.467 e. The number of anilines is 1. The maximum atomic E-state index is 12.7. The monoisotopic (exact) mass is 398 g/mol. The average molecular weight is 398 g/mol. The topological polar surface area (TPSA) is 79.6 Å². The van der Waals surface area contributed by atoms with Crippen LogP contribution in [0.5, 0.6) is 0 Å². The fourth-order valence-electron chi connectivity index (χ4n) is 2.77. The third kappa shape index (κ3) is 4.09. The first-order valence-corrected chi connectivity index (χ1v) is 10.3. The van der Waals surface area contributed by atoms with Gasteiger partial charge in [-0.15, -0.1) is 0 Å².